The van der Waals surface area contributed by atoms with Gasteiger partial charge in [0.2, 0.25) is 11.6 Å². The van der Waals surface area contributed by atoms with Gasteiger partial charge in [0.15, 0.2) is 0 Å². The lowest BCUT2D eigenvalue weighted by molar-refractivity contribution is 0.114. The van der Waals surface area contributed by atoms with Crippen molar-refractivity contribution in [3.8, 4) is 17.0 Å². The monoisotopic (exact) mass is 471 g/mol. The van der Waals surface area contributed by atoms with Crippen molar-refractivity contribution in [3.05, 3.63) is 71.7 Å². The van der Waals surface area contributed by atoms with Crippen molar-refractivity contribution in [2.24, 2.45) is 0 Å². The SMILES string of the molecule is [C-]#[N+]c1cnc(N[C@H](C)c2ccc(OC3CCN(C)CC3)cc2)nc1-c1c[nH]c2ncc(F)cc12. The predicted octanol–water partition coefficient (Wildman–Crippen LogP) is 5.36. The van der Waals surface area contributed by atoms with E-state index < -0.39 is 5.82 Å². The number of piperidine rings is 1. The van der Waals surface area contributed by atoms with Crippen LogP contribution in [0.2, 0.25) is 0 Å². The number of pyridine rings is 1. The number of H-pyrrole nitrogens is 1. The van der Waals surface area contributed by atoms with Crippen LogP contribution in [-0.4, -0.2) is 51.1 Å². The maximum absolute atomic E-state index is 13.8. The molecule has 5 rings (SSSR count). The Morgan fingerprint density at radius 1 is 1.20 bits per heavy atom. The van der Waals surface area contributed by atoms with Crippen molar-refractivity contribution in [1.29, 1.82) is 0 Å². The van der Waals surface area contributed by atoms with Gasteiger partial charge in [0.1, 0.15) is 23.3 Å². The third kappa shape index (κ3) is 4.93. The number of anilines is 1. The first-order valence-corrected chi connectivity index (χ1v) is 11.6. The number of aromatic nitrogens is 4. The van der Waals surface area contributed by atoms with Crippen LogP contribution in [-0.2, 0) is 0 Å². The van der Waals surface area contributed by atoms with Crippen molar-refractivity contribution >= 4 is 22.7 Å². The van der Waals surface area contributed by atoms with E-state index in [0.29, 0.717) is 28.2 Å². The van der Waals surface area contributed by atoms with Crippen molar-refractivity contribution in [2.75, 3.05) is 25.5 Å². The van der Waals surface area contributed by atoms with Crippen LogP contribution in [0, 0.1) is 12.4 Å². The number of nitrogens with zero attached hydrogens (tertiary/aromatic N) is 5. The summed E-state index contributed by atoms with van der Waals surface area (Å²) in [5, 5.41) is 3.87. The molecule has 3 aromatic heterocycles. The molecule has 1 aromatic carbocycles. The summed E-state index contributed by atoms with van der Waals surface area (Å²) in [6.45, 7) is 11.6. The molecule has 4 heterocycles. The fourth-order valence-corrected chi connectivity index (χ4v) is 4.31. The molecule has 2 N–H and O–H groups in total. The maximum Gasteiger partial charge on any atom is 0.231 e. The molecule has 0 aliphatic carbocycles. The van der Waals surface area contributed by atoms with Crippen LogP contribution in [0.5, 0.6) is 5.75 Å². The summed E-state index contributed by atoms with van der Waals surface area (Å²) in [6.07, 6.45) is 6.65. The highest BCUT2D eigenvalue weighted by Gasteiger charge is 2.19. The molecular formula is C26H26FN7O. The molecule has 178 valence electrons. The average molecular weight is 472 g/mol. The van der Waals surface area contributed by atoms with Gasteiger partial charge in [-0.25, -0.2) is 24.2 Å². The highest BCUT2D eigenvalue weighted by Crippen LogP contribution is 2.34. The van der Waals surface area contributed by atoms with E-state index in [2.05, 4.69) is 42.0 Å². The molecule has 0 bridgehead atoms. The van der Waals surface area contributed by atoms with Crippen LogP contribution in [0.25, 0.3) is 27.1 Å². The van der Waals surface area contributed by atoms with Crippen molar-refractivity contribution < 1.29 is 9.13 Å². The number of nitrogens with one attached hydrogen (secondary N) is 2. The molecular weight excluding hydrogens is 445 g/mol. The highest BCUT2D eigenvalue weighted by atomic mass is 19.1. The Hall–Kier alpha value is -4.03. The van der Waals surface area contributed by atoms with E-state index in [1.54, 1.807) is 6.20 Å². The van der Waals surface area contributed by atoms with Gasteiger partial charge in [-0.3, -0.25) is 0 Å². The Labute approximate surface area is 203 Å². The first-order chi connectivity index (χ1) is 17.0. The number of halogens is 1. The summed E-state index contributed by atoms with van der Waals surface area (Å²) in [5.74, 6) is 0.799. The lowest BCUT2D eigenvalue weighted by Gasteiger charge is -2.29. The second-order valence-corrected chi connectivity index (χ2v) is 8.85. The molecule has 0 radical (unpaired) electrons. The largest absolute Gasteiger partial charge is 0.490 e. The summed E-state index contributed by atoms with van der Waals surface area (Å²) >= 11 is 0. The first-order valence-electron chi connectivity index (χ1n) is 11.6. The molecule has 4 aromatic rings. The summed E-state index contributed by atoms with van der Waals surface area (Å²) in [5.41, 5.74) is 2.89. The topological polar surface area (TPSA) is 83.3 Å². The summed E-state index contributed by atoms with van der Waals surface area (Å²) in [4.78, 5) is 21.9. The summed E-state index contributed by atoms with van der Waals surface area (Å²) in [6, 6.07) is 9.35. The van der Waals surface area contributed by atoms with Crippen LogP contribution in [0.3, 0.4) is 0 Å². The summed E-state index contributed by atoms with van der Waals surface area (Å²) < 4.78 is 20.0. The Balaban J connectivity index is 1.33. The maximum atomic E-state index is 13.8. The Kier molecular flexibility index (Phi) is 6.29. The third-order valence-electron chi connectivity index (χ3n) is 6.34. The zero-order valence-corrected chi connectivity index (χ0v) is 19.6. The number of rotatable bonds is 6. The minimum Gasteiger partial charge on any atom is -0.490 e. The van der Waals surface area contributed by atoms with Gasteiger partial charge in [0.25, 0.3) is 0 Å². The standard InChI is InChI=1S/C26H26FN7O/c1-16(17-4-6-19(7-5-17)35-20-8-10-34(3)11-9-20)32-26-31-15-23(28-2)24(33-26)22-14-30-25-21(22)12-18(27)13-29-25/h4-7,12-16,20H,8-11H2,1,3H3,(H,29,30)(H,31,32,33)/t16-/m1/s1. The number of fused-ring (bicyclic) bond motifs is 1. The minimum atomic E-state index is -0.452. The number of ether oxygens (including phenoxy) is 1. The van der Waals surface area contributed by atoms with Crippen LogP contribution < -0.4 is 10.1 Å². The molecule has 8 nitrogen and oxygen atoms in total. The van der Waals surface area contributed by atoms with Crippen LogP contribution in [0.4, 0.5) is 16.0 Å². The lowest BCUT2D eigenvalue weighted by Crippen LogP contribution is -2.35. The van der Waals surface area contributed by atoms with Gasteiger partial charge in [-0.05, 0) is 50.6 Å². The fourth-order valence-electron chi connectivity index (χ4n) is 4.31. The smallest absolute Gasteiger partial charge is 0.231 e. The molecule has 0 saturated carbocycles. The van der Waals surface area contributed by atoms with Gasteiger partial charge in [0, 0.05) is 36.4 Å². The highest BCUT2D eigenvalue weighted by molar-refractivity contribution is 5.96. The summed E-state index contributed by atoms with van der Waals surface area (Å²) in [7, 11) is 2.14. The third-order valence-corrected chi connectivity index (χ3v) is 6.34. The lowest BCUT2D eigenvalue weighted by atomic mass is 10.1. The quantitative estimate of drug-likeness (QED) is 0.369. The normalized spacial score (nSPS) is 15.6. The first kappa shape index (κ1) is 22.7. The Morgan fingerprint density at radius 2 is 1.97 bits per heavy atom. The van der Waals surface area contributed by atoms with Gasteiger partial charge in [-0.2, -0.15) is 0 Å². The molecule has 35 heavy (non-hydrogen) atoms. The van der Waals surface area contributed by atoms with E-state index in [9.17, 15) is 4.39 Å². The number of aromatic amines is 1. The van der Waals surface area contributed by atoms with Crippen molar-refractivity contribution in [2.45, 2.75) is 31.9 Å². The minimum absolute atomic E-state index is 0.0823. The zero-order valence-electron chi connectivity index (χ0n) is 19.6. The molecule has 1 fully saturated rings. The molecule has 0 amide bonds. The van der Waals surface area contributed by atoms with Crippen molar-refractivity contribution in [1.82, 2.24) is 24.8 Å². The second kappa shape index (κ2) is 9.68. The van der Waals surface area contributed by atoms with Crippen LogP contribution in [0.15, 0.2) is 48.9 Å². The van der Waals surface area contributed by atoms with E-state index in [0.717, 1.165) is 43.4 Å². The molecule has 0 unspecified atom stereocenters. The van der Waals surface area contributed by atoms with Gasteiger partial charge < -0.3 is 19.9 Å². The van der Waals surface area contributed by atoms with Crippen molar-refractivity contribution in [3.63, 3.8) is 0 Å². The number of benzene rings is 1. The fraction of sp³-hybridized carbons (Fsp3) is 0.308. The molecule has 0 spiro atoms. The zero-order chi connectivity index (χ0) is 24.4. The van der Waals surface area contributed by atoms with E-state index in [-0.39, 0.29) is 17.8 Å². The molecule has 1 aliphatic rings. The van der Waals surface area contributed by atoms with Gasteiger partial charge >= 0.3 is 0 Å². The van der Waals surface area contributed by atoms with E-state index in [1.165, 1.54) is 12.3 Å². The van der Waals surface area contributed by atoms with Gasteiger partial charge in [-0.1, -0.05) is 12.1 Å². The predicted molar refractivity (Wildman–Crippen MR) is 133 cm³/mol. The number of hydrogen-bond acceptors (Lipinski definition) is 6. The van der Waals surface area contributed by atoms with Crippen LogP contribution in [0.1, 0.15) is 31.4 Å². The molecule has 1 aliphatic heterocycles. The molecule has 1 atom stereocenters. The Bertz CT molecular complexity index is 1370. The number of hydrogen-bond donors (Lipinski definition) is 2. The molecule has 9 heteroatoms. The van der Waals surface area contributed by atoms with Gasteiger partial charge in [-0.15, -0.1) is 0 Å². The number of likely N-dealkylation sites (tertiary alicyclic amines) is 1. The van der Waals surface area contributed by atoms with Crippen LogP contribution >= 0.6 is 0 Å². The average Bonchev–Trinajstić information content (AvgIpc) is 3.28. The van der Waals surface area contributed by atoms with E-state index >= 15 is 0 Å². The van der Waals surface area contributed by atoms with Gasteiger partial charge in [0.05, 0.1) is 24.5 Å². The van der Waals surface area contributed by atoms with E-state index in [4.69, 9.17) is 11.3 Å². The second-order valence-electron chi connectivity index (χ2n) is 8.85. The van der Waals surface area contributed by atoms with E-state index in [1.807, 2.05) is 31.2 Å². The Morgan fingerprint density at radius 3 is 2.71 bits per heavy atom. The molecule has 1 saturated heterocycles.